The van der Waals surface area contributed by atoms with Gasteiger partial charge in [0.25, 0.3) is 0 Å². The molecule has 2 fully saturated rings. The minimum atomic E-state index is -0.420. The highest BCUT2D eigenvalue weighted by molar-refractivity contribution is 9.10. The van der Waals surface area contributed by atoms with Crippen molar-refractivity contribution in [3.05, 3.63) is 28.2 Å². The molecule has 7 nitrogen and oxygen atoms in total. The number of halogens is 1. The van der Waals surface area contributed by atoms with Gasteiger partial charge in [-0.15, -0.1) is 0 Å². The Morgan fingerprint density at radius 2 is 1.66 bits per heavy atom. The normalized spacial score (nSPS) is 22.9. The number of carbonyl (C=O) groups excluding carboxylic acids is 3. The standard InChI is InChI=1S/C21H27BrN4O3/c1-14(27)23-7-9-24(10-8-23)18-12-25(13-18)21(29)20-5-3-16-11-17(22)4-6-19(16)26(20)15(2)28/h4,6,11,18,20H,3,5,7-10,12-13H2,1-2H3. The molecule has 3 aliphatic rings. The lowest BCUT2D eigenvalue weighted by atomic mass is 9.93. The monoisotopic (exact) mass is 462 g/mol. The van der Waals surface area contributed by atoms with Gasteiger partial charge in [-0.05, 0) is 36.6 Å². The number of amides is 3. The van der Waals surface area contributed by atoms with E-state index in [4.69, 9.17) is 0 Å². The summed E-state index contributed by atoms with van der Waals surface area (Å²) in [5.74, 6) is 0.0837. The van der Waals surface area contributed by atoms with Gasteiger partial charge < -0.3 is 9.80 Å². The summed E-state index contributed by atoms with van der Waals surface area (Å²) in [5.41, 5.74) is 1.95. The van der Waals surface area contributed by atoms with Crippen molar-refractivity contribution in [1.82, 2.24) is 14.7 Å². The average molecular weight is 463 g/mol. The van der Waals surface area contributed by atoms with Crippen LogP contribution in [0.15, 0.2) is 22.7 Å². The van der Waals surface area contributed by atoms with Crippen LogP contribution >= 0.6 is 15.9 Å². The highest BCUT2D eigenvalue weighted by Crippen LogP contribution is 2.34. The van der Waals surface area contributed by atoms with Gasteiger partial charge in [-0.3, -0.25) is 24.2 Å². The first-order chi connectivity index (χ1) is 13.8. The summed E-state index contributed by atoms with van der Waals surface area (Å²) in [6.07, 6.45) is 1.44. The molecule has 0 bridgehead atoms. The van der Waals surface area contributed by atoms with Crippen molar-refractivity contribution in [3.63, 3.8) is 0 Å². The molecule has 4 rings (SSSR count). The zero-order chi connectivity index (χ0) is 20.7. The second-order valence-electron chi connectivity index (χ2n) is 8.16. The number of likely N-dealkylation sites (tertiary alicyclic amines) is 1. The van der Waals surface area contributed by atoms with Crippen molar-refractivity contribution in [3.8, 4) is 0 Å². The van der Waals surface area contributed by atoms with Crippen molar-refractivity contribution < 1.29 is 14.4 Å². The zero-order valence-electron chi connectivity index (χ0n) is 16.9. The molecule has 1 unspecified atom stereocenters. The minimum absolute atomic E-state index is 0.0485. The second kappa shape index (κ2) is 8.07. The summed E-state index contributed by atoms with van der Waals surface area (Å²) in [5, 5.41) is 0. The molecule has 1 aromatic carbocycles. The van der Waals surface area contributed by atoms with Crippen LogP contribution in [0.5, 0.6) is 0 Å². The average Bonchev–Trinajstić information content (AvgIpc) is 2.65. The lowest BCUT2D eigenvalue weighted by Gasteiger charge is -2.49. The van der Waals surface area contributed by atoms with Gasteiger partial charge in [0.15, 0.2) is 0 Å². The van der Waals surface area contributed by atoms with Crippen LogP contribution in [0.4, 0.5) is 5.69 Å². The molecule has 0 radical (unpaired) electrons. The predicted octanol–water partition coefficient (Wildman–Crippen LogP) is 1.49. The van der Waals surface area contributed by atoms with E-state index in [1.807, 2.05) is 28.0 Å². The summed E-state index contributed by atoms with van der Waals surface area (Å²) in [7, 11) is 0. The third kappa shape index (κ3) is 3.92. The number of carbonyl (C=O) groups is 3. The van der Waals surface area contributed by atoms with Crippen LogP contribution in [-0.4, -0.2) is 83.8 Å². The fourth-order valence-corrected chi connectivity index (χ4v) is 5.09. The molecule has 8 heteroatoms. The van der Waals surface area contributed by atoms with Gasteiger partial charge >= 0.3 is 0 Å². The van der Waals surface area contributed by atoms with Crippen molar-refractivity contribution in [1.29, 1.82) is 0 Å². The number of rotatable bonds is 2. The van der Waals surface area contributed by atoms with Crippen LogP contribution in [0.25, 0.3) is 0 Å². The highest BCUT2D eigenvalue weighted by Gasteiger charge is 2.42. The predicted molar refractivity (Wildman–Crippen MR) is 114 cm³/mol. The fourth-order valence-electron chi connectivity index (χ4n) is 4.68. The number of hydrogen-bond donors (Lipinski definition) is 0. The Bertz CT molecular complexity index is 831. The molecule has 1 atom stereocenters. The lowest BCUT2D eigenvalue weighted by molar-refractivity contribution is -0.142. The van der Waals surface area contributed by atoms with Crippen molar-refractivity contribution >= 4 is 39.3 Å². The van der Waals surface area contributed by atoms with Crippen LogP contribution < -0.4 is 4.90 Å². The molecule has 0 aromatic heterocycles. The minimum Gasteiger partial charge on any atom is -0.340 e. The van der Waals surface area contributed by atoms with E-state index in [0.29, 0.717) is 25.6 Å². The molecule has 0 spiro atoms. The number of hydrogen-bond acceptors (Lipinski definition) is 4. The Hall–Kier alpha value is -1.93. The van der Waals surface area contributed by atoms with Gasteiger partial charge in [0, 0.05) is 69.3 Å². The topological polar surface area (TPSA) is 64.2 Å². The van der Waals surface area contributed by atoms with E-state index in [-0.39, 0.29) is 17.7 Å². The van der Waals surface area contributed by atoms with Gasteiger partial charge in [-0.1, -0.05) is 15.9 Å². The Labute approximate surface area is 179 Å². The van der Waals surface area contributed by atoms with Crippen LogP contribution in [0, 0.1) is 0 Å². The number of fused-ring (bicyclic) bond motifs is 1. The van der Waals surface area contributed by atoms with Gasteiger partial charge in [0.2, 0.25) is 17.7 Å². The first kappa shape index (κ1) is 20.3. The number of anilines is 1. The highest BCUT2D eigenvalue weighted by atomic mass is 79.9. The molecule has 29 heavy (non-hydrogen) atoms. The molecule has 3 heterocycles. The number of piperazine rings is 1. The molecule has 2 saturated heterocycles. The van der Waals surface area contributed by atoms with Crippen LogP contribution in [0.2, 0.25) is 0 Å². The fraction of sp³-hybridized carbons (Fsp3) is 0.571. The van der Waals surface area contributed by atoms with E-state index in [2.05, 4.69) is 20.8 Å². The van der Waals surface area contributed by atoms with E-state index in [9.17, 15) is 14.4 Å². The van der Waals surface area contributed by atoms with E-state index >= 15 is 0 Å². The smallest absolute Gasteiger partial charge is 0.245 e. The largest absolute Gasteiger partial charge is 0.340 e. The van der Waals surface area contributed by atoms with Crippen LogP contribution in [0.1, 0.15) is 25.8 Å². The van der Waals surface area contributed by atoms with E-state index in [1.54, 1.807) is 11.8 Å². The Balaban J connectivity index is 1.39. The van der Waals surface area contributed by atoms with Crippen molar-refractivity contribution in [2.75, 3.05) is 44.2 Å². The van der Waals surface area contributed by atoms with Gasteiger partial charge in [0.1, 0.15) is 6.04 Å². The molecule has 156 valence electrons. The van der Waals surface area contributed by atoms with Crippen molar-refractivity contribution in [2.24, 2.45) is 0 Å². The second-order valence-corrected chi connectivity index (χ2v) is 9.07. The third-order valence-electron chi connectivity index (χ3n) is 6.37. The maximum Gasteiger partial charge on any atom is 0.245 e. The van der Waals surface area contributed by atoms with Crippen LogP contribution in [0.3, 0.4) is 0 Å². The number of benzene rings is 1. The molecule has 0 aliphatic carbocycles. The zero-order valence-corrected chi connectivity index (χ0v) is 18.5. The SMILES string of the molecule is CC(=O)N1CCN(C2CN(C(=O)C3CCc4cc(Br)ccc4N3C(C)=O)C2)CC1. The van der Waals surface area contributed by atoms with Crippen molar-refractivity contribution in [2.45, 2.75) is 38.8 Å². The molecular weight excluding hydrogens is 436 g/mol. The molecular formula is C21H27BrN4O3. The Morgan fingerprint density at radius 1 is 0.966 bits per heavy atom. The van der Waals surface area contributed by atoms with E-state index in [0.717, 1.165) is 48.3 Å². The molecule has 1 aromatic rings. The third-order valence-corrected chi connectivity index (χ3v) is 6.87. The van der Waals surface area contributed by atoms with Crippen LogP contribution in [-0.2, 0) is 20.8 Å². The van der Waals surface area contributed by atoms with E-state index in [1.165, 1.54) is 6.92 Å². The van der Waals surface area contributed by atoms with Gasteiger partial charge in [0.05, 0.1) is 0 Å². The first-order valence-electron chi connectivity index (χ1n) is 10.2. The Morgan fingerprint density at radius 3 is 2.28 bits per heavy atom. The number of nitrogens with zero attached hydrogens (tertiary/aromatic N) is 4. The summed E-state index contributed by atoms with van der Waals surface area (Å²) in [4.78, 5) is 44.9. The maximum absolute atomic E-state index is 13.2. The summed E-state index contributed by atoms with van der Waals surface area (Å²) in [6, 6.07) is 5.81. The summed E-state index contributed by atoms with van der Waals surface area (Å²) >= 11 is 3.49. The van der Waals surface area contributed by atoms with E-state index < -0.39 is 6.04 Å². The summed E-state index contributed by atoms with van der Waals surface area (Å²) in [6.45, 7) is 7.78. The molecule has 0 saturated carbocycles. The van der Waals surface area contributed by atoms with Gasteiger partial charge in [-0.2, -0.15) is 0 Å². The number of aryl methyl sites for hydroxylation is 1. The first-order valence-corrected chi connectivity index (χ1v) is 11.0. The quantitative estimate of drug-likeness (QED) is 0.667. The van der Waals surface area contributed by atoms with Gasteiger partial charge in [-0.25, -0.2) is 0 Å². The molecule has 3 aliphatic heterocycles. The molecule has 3 amide bonds. The lowest BCUT2D eigenvalue weighted by Crippen LogP contribution is -2.67. The maximum atomic E-state index is 13.2. The Kier molecular flexibility index (Phi) is 5.66. The summed E-state index contributed by atoms with van der Waals surface area (Å²) < 4.78 is 0.986. The molecule has 0 N–H and O–H groups in total.